The van der Waals surface area contributed by atoms with Gasteiger partial charge in [-0.3, -0.25) is 4.98 Å². The number of aryl methyl sites for hydroxylation is 1. The molecule has 0 bridgehead atoms. The van der Waals surface area contributed by atoms with Crippen molar-refractivity contribution in [1.29, 1.82) is 0 Å². The summed E-state index contributed by atoms with van der Waals surface area (Å²) >= 11 is 0. The third-order valence-corrected chi connectivity index (χ3v) is 5.46. The Hall–Kier alpha value is -3.80. The molecule has 0 saturated carbocycles. The summed E-state index contributed by atoms with van der Waals surface area (Å²) < 4.78 is 15.5. The zero-order chi connectivity index (χ0) is 21.2. The smallest absolute Gasteiger partial charge is 0.163 e. The first-order valence-electron chi connectivity index (χ1n) is 10.3. The number of pyridine rings is 1. The maximum absolute atomic E-state index is 13.7. The first-order valence-corrected chi connectivity index (χ1v) is 10.3. The highest BCUT2D eigenvalue weighted by Crippen LogP contribution is 2.27. The van der Waals surface area contributed by atoms with Crippen LogP contribution in [0, 0.1) is 12.7 Å². The Kier molecular flexibility index (Phi) is 5.04. The van der Waals surface area contributed by atoms with Crippen LogP contribution in [0.5, 0.6) is 0 Å². The molecule has 5 rings (SSSR count). The van der Waals surface area contributed by atoms with Crippen molar-refractivity contribution in [3.63, 3.8) is 0 Å². The Bertz CT molecular complexity index is 1220. The first-order chi connectivity index (χ1) is 15.2. The van der Waals surface area contributed by atoms with Crippen LogP contribution in [-0.2, 0) is 6.42 Å². The van der Waals surface area contributed by atoms with Crippen LogP contribution < -0.4 is 4.90 Å². The predicted molar refractivity (Wildman–Crippen MR) is 120 cm³/mol. The van der Waals surface area contributed by atoms with E-state index in [0.29, 0.717) is 12.2 Å². The summed E-state index contributed by atoms with van der Waals surface area (Å²) in [5, 5.41) is 4.78. The molecular formula is C25H22FN5. The Balaban J connectivity index is 1.55. The Morgan fingerprint density at radius 1 is 0.935 bits per heavy atom. The van der Waals surface area contributed by atoms with Crippen LogP contribution >= 0.6 is 0 Å². The topological polar surface area (TPSA) is 46.8 Å². The zero-order valence-corrected chi connectivity index (χ0v) is 17.2. The van der Waals surface area contributed by atoms with Crippen LogP contribution in [0.25, 0.3) is 17.1 Å². The number of aromatic nitrogens is 4. The van der Waals surface area contributed by atoms with Crippen LogP contribution in [0.3, 0.4) is 0 Å². The molecule has 6 heteroatoms. The number of rotatable bonds is 5. The number of halogens is 1. The van der Waals surface area contributed by atoms with Gasteiger partial charge in [0.15, 0.2) is 11.6 Å². The number of hydrogen-bond donors (Lipinski definition) is 0. The fourth-order valence-corrected chi connectivity index (χ4v) is 3.83. The predicted octanol–water partition coefficient (Wildman–Crippen LogP) is 4.74. The van der Waals surface area contributed by atoms with E-state index in [-0.39, 0.29) is 5.82 Å². The number of anilines is 1. The van der Waals surface area contributed by atoms with Crippen molar-refractivity contribution in [1.82, 2.24) is 19.7 Å². The molecule has 0 radical (unpaired) electrons. The van der Waals surface area contributed by atoms with Gasteiger partial charge in [-0.15, -0.1) is 0 Å². The van der Waals surface area contributed by atoms with Gasteiger partial charge in [0.2, 0.25) is 0 Å². The van der Waals surface area contributed by atoms with E-state index in [4.69, 9.17) is 10.1 Å². The molecule has 4 aromatic rings. The molecule has 0 saturated heterocycles. The molecule has 1 aliphatic heterocycles. The molecule has 0 fully saturated rings. The highest BCUT2D eigenvalue weighted by atomic mass is 19.1. The van der Waals surface area contributed by atoms with Gasteiger partial charge < -0.3 is 4.90 Å². The second-order valence-electron chi connectivity index (χ2n) is 7.65. The minimum atomic E-state index is -0.261. The van der Waals surface area contributed by atoms with E-state index in [1.807, 2.05) is 23.7 Å². The number of nitrogens with zero attached hydrogens (tertiary/aromatic N) is 5. The zero-order valence-electron chi connectivity index (χ0n) is 17.2. The lowest BCUT2D eigenvalue weighted by Gasteiger charge is -2.17. The molecule has 31 heavy (non-hydrogen) atoms. The molecule has 5 nitrogen and oxygen atoms in total. The molecule has 2 aromatic carbocycles. The average molecular weight is 411 g/mol. The molecule has 0 spiro atoms. The third-order valence-electron chi connectivity index (χ3n) is 5.46. The molecule has 0 atom stereocenters. The molecular weight excluding hydrogens is 389 g/mol. The van der Waals surface area contributed by atoms with E-state index >= 15 is 0 Å². The van der Waals surface area contributed by atoms with Gasteiger partial charge >= 0.3 is 0 Å². The van der Waals surface area contributed by atoms with Gasteiger partial charge in [0.05, 0.1) is 5.69 Å². The van der Waals surface area contributed by atoms with Crippen molar-refractivity contribution in [2.45, 2.75) is 13.3 Å². The minimum absolute atomic E-state index is 0.261. The number of hydrogen-bond acceptors (Lipinski definition) is 4. The SMILES string of the molecule is Cc1cc(F)ccc1-n1nc(Cc2ccncc2)nc1-c1ccc(N2CC=CC2)cc1. The van der Waals surface area contributed by atoms with Crippen molar-refractivity contribution in [3.8, 4) is 17.1 Å². The Labute approximate surface area is 180 Å². The van der Waals surface area contributed by atoms with Crippen LogP contribution in [0.2, 0.25) is 0 Å². The van der Waals surface area contributed by atoms with E-state index in [9.17, 15) is 4.39 Å². The van der Waals surface area contributed by atoms with Crippen LogP contribution in [0.1, 0.15) is 17.0 Å². The Morgan fingerprint density at radius 3 is 2.39 bits per heavy atom. The highest BCUT2D eigenvalue weighted by Gasteiger charge is 2.17. The van der Waals surface area contributed by atoms with Gasteiger partial charge in [-0.1, -0.05) is 12.2 Å². The van der Waals surface area contributed by atoms with Gasteiger partial charge in [-0.25, -0.2) is 14.1 Å². The van der Waals surface area contributed by atoms with Crippen molar-refractivity contribution in [2.24, 2.45) is 0 Å². The monoisotopic (exact) mass is 411 g/mol. The summed E-state index contributed by atoms with van der Waals surface area (Å²) in [5.41, 5.74) is 4.85. The molecule has 0 aliphatic carbocycles. The van der Waals surface area contributed by atoms with Crippen LogP contribution in [-0.4, -0.2) is 32.8 Å². The van der Waals surface area contributed by atoms with Crippen molar-refractivity contribution in [2.75, 3.05) is 18.0 Å². The normalized spacial score (nSPS) is 13.2. The lowest BCUT2D eigenvalue weighted by atomic mass is 10.1. The fourth-order valence-electron chi connectivity index (χ4n) is 3.83. The largest absolute Gasteiger partial charge is 0.364 e. The highest BCUT2D eigenvalue weighted by molar-refractivity contribution is 5.63. The summed E-state index contributed by atoms with van der Waals surface area (Å²) in [4.78, 5) is 11.2. The van der Waals surface area contributed by atoms with E-state index in [1.165, 1.54) is 17.8 Å². The van der Waals surface area contributed by atoms with Gasteiger partial charge in [0.25, 0.3) is 0 Å². The maximum atomic E-state index is 13.7. The van der Waals surface area contributed by atoms with Crippen LogP contribution in [0.15, 0.2) is 79.1 Å². The molecule has 0 unspecified atom stereocenters. The van der Waals surface area contributed by atoms with Gasteiger partial charge in [0, 0.05) is 43.2 Å². The molecule has 0 N–H and O–H groups in total. The summed E-state index contributed by atoms with van der Waals surface area (Å²) in [6.07, 6.45) is 8.48. The quantitative estimate of drug-likeness (QED) is 0.445. The van der Waals surface area contributed by atoms with Crippen molar-refractivity contribution in [3.05, 3.63) is 102 Å². The maximum Gasteiger partial charge on any atom is 0.163 e. The summed E-state index contributed by atoms with van der Waals surface area (Å²) in [7, 11) is 0. The van der Waals surface area contributed by atoms with Gasteiger partial charge in [-0.05, 0) is 72.6 Å². The van der Waals surface area contributed by atoms with E-state index in [2.05, 4.69) is 46.3 Å². The molecule has 0 amide bonds. The standard InChI is InChI=1S/C25H22FN5/c1-18-16-21(26)6-9-23(18)31-25(28-24(29-31)17-19-10-12-27-13-11-19)20-4-7-22(8-5-20)30-14-2-3-15-30/h2-13,16H,14-15,17H2,1H3. The molecule has 2 aromatic heterocycles. The third kappa shape index (κ3) is 3.97. The van der Waals surface area contributed by atoms with E-state index < -0.39 is 0 Å². The minimum Gasteiger partial charge on any atom is -0.364 e. The second kappa shape index (κ2) is 8.14. The second-order valence-corrected chi connectivity index (χ2v) is 7.65. The summed E-state index contributed by atoms with van der Waals surface area (Å²) in [5.74, 6) is 1.19. The van der Waals surface area contributed by atoms with Crippen molar-refractivity contribution < 1.29 is 4.39 Å². The molecule has 154 valence electrons. The summed E-state index contributed by atoms with van der Waals surface area (Å²) in [6.45, 7) is 3.75. The van der Waals surface area contributed by atoms with E-state index in [1.54, 1.807) is 18.5 Å². The lowest BCUT2D eigenvalue weighted by Crippen LogP contribution is -2.18. The van der Waals surface area contributed by atoms with Gasteiger partial charge in [-0.2, -0.15) is 5.10 Å². The lowest BCUT2D eigenvalue weighted by molar-refractivity contribution is 0.625. The molecule has 1 aliphatic rings. The fraction of sp³-hybridized carbons (Fsp3) is 0.160. The first kappa shape index (κ1) is 19.2. The van der Waals surface area contributed by atoms with Crippen molar-refractivity contribution >= 4 is 5.69 Å². The number of benzene rings is 2. The molecule has 3 heterocycles. The van der Waals surface area contributed by atoms with E-state index in [0.717, 1.165) is 41.3 Å². The van der Waals surface area contributed by atoms with Crippen LogP contribution in [0.4, 0.5) is 10.1 Å². The van der Waals surface area contributed by atoms with Gasteiger partial charge in [0.1, 0.15) is 5.82 Å². The summed E-state index contributed by atoms with van der Waals surface area (Å²) in [6, 6.07) is 17.0. The Morgan fingerprint density at radius 2 is 1.68 bits per heavy atom. The average Bonchev–Trinajstić information content (AvgIpc) is 3.45.